The molecule has 0 bridgehead atoms. The van der Waals surface area contributed by atoms with Gasteiger partial charge in [-0.15, -0.1) is 11.8 Å². The zero-order valence-electron chi connectivity index (χ0n) is 14.9. The van der Waals surface area contributed by atoms with Gasteiger partial charge in [-0.1, -0.05) is 0 Å². The van der Waals surface area contributed by atoms with Gasteiger partial charge in [0.05, 0.1) is 17.9 Å². The Morgan fingerprint density at radius 3 is 2.43 bits per heavy atom. The van der Waals surface area contributed by atoms with Crippen LogP contribution in [0.4, 0.5) is 14.5 Å². The minimum atomic E-state index is -0.749. The summed E-state index contributed by atoms with van der Waals surface area (Å²) in [6.45, 7) is 1.42. The van der Waals surface area contributed by atoms with Crippen LogP contribution in [0.15, 0.2) is 47.4 Å². The van der Waals surface area contributed by atoms with Crippen molar-refractivity contribution in [2.45, 2.75) is 11.8 Å². The SMILES string of the molecule is CCOC(=O)c1ccc(NC(=O)COC(=O)CSc2cc(F)ccc2F)cc1. The highest BCUT2D eigenvalue weighted by Crippen LogP contribution is 2.22. The number of nitrogens with one attached hydrogen (secondary N) is 1. The largest absolute Gasteiger partial charge is 0.462 e. The third-order valence-electron chi connectivity index (χ3n) is 3.28. The lowest BCUT2D eigenvalue weighted by atomic mass is 10.2. The van der Waals surface area contributed by atoms with Crippen molar-refractivity contribution in [3.8, 4) is 0 Å². The normalized spacial score (nSPS) is 10.2. The minimum absolute atomic E-state index is 0.0249. The molecule has 1 N–H and O–H groups in total. The van der Waals surface area contributed by atoms with E-state index >= 15 is 0 Å². The summed E-state index contributed by atoms with van der Waals surface area (Å²) in [7, 11) is 0. The second-order valence-electron chi connectivity index (χ2n) is 5.37. The molecule has 0 saturated carbocycles. The highest BCUT2D eigenvalue weighted by atomic mass is 32.2. The van der Waals surface area contributed by atoms with Gasteiger partial charge in [-0.05, 0) is 49.4 Å². The first-order valence-electron chi connectivity index (χ1n) is 8.19. The average molecular weight is 409 g/mol. The number of anilines is 1. The molecule has 0 radical (unpaired) electrons. The number of rotatable bonds is 8. The van der Waals surface area contributed by atoms with E-state index in [1.165, 1.54) is 24.3 Å². The minimum Gasteiger partial charge on any atom is -0.462 e. The first-order chi connectivity index (χ1) is 13.4. The summed E-state index contributed by atoms with van der Waals surface area (Å²) in [5.74, 6) is -3.35. The summed E-state index contributed by atoms with van der Waals surface area (Å²) in [4.78, 5) is 35.0. The number of benzene rings is 2. The van der Waals surface area contributed by atoms with Crippen LogP contribution in [-0.4, -0.2) is 36.8 Å². The number of esters is 2. The molecule has 28 heavy (non-hydrogen) atoms. The van der Waals surface area contributed by atoms with Crippen LogP contribution >= 0.6 is 11.8 Å². The molecule has 0 aliphatic heterocycles. The molecule has 0 spiro atoms. The Morgan fingerprint density at radius 2 is 1.75 bits per heavy atom. The molecule has 2 rings (SSSR count). The number of thioether (sulfide) groups is 1. The van der Waals surface area contributed by atoms with E-state index < -0.39 is 36.1 Å². The molecule has 6 nitrogen and oxygen atoms in total. The number of halogens is 2. The summed E-state index contributed by atoms with van der Waals surface area (Å²) < 4.78 is 36.2. The van der Waals surface area contributed by atoms with Crippen molar-refractivity contribution in [1.29, 1.82) is 0 Å². The fraction of sp³-hybridized carbons (Fsp3) is 0.211. The van der Waals surface area contributed by atoms with Crippen LogP contribution in [0, 0.1) is 11.6 Å². The number of hydrogen-bond donors (Lipinski definition) is 1. The van der Waals surface area contributed by atoms with Gasteiger partial charge in [0.15, 0.2) is 6.61 Å². The standard InChI is InChI=1S/C19H17F2NO5S/c1-2-26-19(25)12-3-6-14(7-4-12)22-17(23)10-27-18(24)11-28-16-9-13(20)5-8-15(16)21/h3-9H,2,10-11H2,1H3,(H,22,23). The Morgan fingerprint density at radius 1 is 1.04 bits per heavy atom. The van der Waals surface area contributed by atoms with E-state index in [0.29, 0.717) is 11.3 Å². The quantitative estimate of drug-likeness (QED) is 0.532. The lowest BCUT2D eigenvalue weighted by Crippen LogP contribution is -2.21. The van der Waals surface area contributed by atoms with Crippen molar-refractivity contribution < 1.29 is 32.6 Å². The Labute approximate surface area is 164 Å². The lowest BCUT2D eigenvalue weighted by Gasteiger charge is -2.08. The Balaban J connectivity index is 1.76. The van der Waals surface area contributed by atoms with Gasteiger partial charge in [0.1, 0.15) is 11.6 Å². The number of carbonyl (C=O) groups is 3. The van der Waals surface area contributed by atoms with Gasteiger partial charge in [0.2, 0.25) is 0 Å². The molecular weight excluding hydrogens is 392 g/mol. The third kappa shape index (κ3) is 6.66. The highest BCUT2D eigenvalue weighted by Gasteiger charge is 2.12. The van der Waals surface area contributed by atoms with E-state index in [0.717, 1.165) is 30.0 Å². The molecule has 0 saturated heterocycles. The van der Waals surface area contributed by atoms with Gasteiger partial charge >= 0.3 is 11.9 Å². The van der Waals surface area contributed by atoms with Gasteiger partial charge in [-0.2, -0.15) is 0 Å². The fourth-order valence-electron chi connectivity index (χ4n) is 2.01. The van der Waals surface area contributed by atoms with Crippen molar-refractivity contribution in [3.05, 3.63) is 59.7 Å². The highest BCUT2D eigenvalue weighted by molar-refractivity contribution is 8.00. The van der Waals surface area contributed by atoms with Gasteiger partial charge < -0.3 is 14.8 Å². The molecule has 0 fully saturated rings. The molecule has 148 valence electrons. The molecule has 1 amide bonds. The van der Waals surface area contributed by atoms with Crippen molar-refractivity contribution in [3.63, 3.8) is 0 Å². The van der Waals surface area contributed by atoms with Crippen molar-refractivity contribution in [2.75, 3.05) is 24.3 Å². The predicted octanol–water partition coefficient (Wildman–Crippen LogP) is 3.42. The molecule has 9 heteroatoms. The maximum atomic E-state index is 13.5. The van der Waals surface area contributed by atoms with Crippen molar-refractivity contribution in [2.24, 2.45) is 0 Å². The molecular formula is C19H17F2NO5S. The molecule has 0 heterocycles. The molecule has 0 unspecified atom stereocenters. The first kappa shape index (κ1) is 21.4. The number of ether oxygens (including phenoxy) is 2. The maximum absolute atomic E-state index is 13.5. The average Bonchev–Trinajstić information content (AvgIpc) is 2.68. The zero-order chi connectivity index (χ0) is 20.5. The van der Waals surface area contributed by atoms with Crippen LogP contribution in [0.5, 0.6) is 0 Å². The molecule has 0 aliphatic carbocycles. The van der Waals surface area contributed by atoms with Crippen molar-refractivity contribution >= 4 is 35.3 Å². The second kappa shape index (κ2) is 10.4. The van der Waals surface area contributed by atoms with Gasteiger partial charge in [-0.25, -0.2) is 13.6 Å². The van der Waals surface area contributed by atoms with Crippen LogP contribution in [0.25, 0.3) is 0 Å². The van der Waals surface area contributed by atoms with E-state index in [1.54, 1.807) is 6.92 Å². The van der Waals surface area contributed by atoms with Crippen LogP contribution < -0.4 is 5.32 Å². The predicted molar refractivity (Wildman–Crippen MR) is 99.1 cm³/mol. The third-order valence-corrected chi connectivity index (χ3v) is 4.29. The first-order valence-corrected chi connectivity index (χ1v) is 9.18. The summed E-state index contributed by atoms with van der Waals surface area (Å²) in [5.41, 5.74) is 0.748. The number of amides is 1. The van der Waals surface area contributed by atoms with E-state index in [-0.39, 0.29) is 17.3 Å². The van der Waals surface area contributed by atoms with Crippen LogP contribution in [-0.2, 0) is 19.1 Å². The smallest absolute Gasteiger partial charge is 0.338 e. The summed E-state index contributed by atoms with van der Waals surface area (Å²) in [6, 6.07) is 8.90. The maximum Gasteiger partial charge on any atom is 0.338 e. The lowest BCUT2D eigenvalue weighted by molar-refractivity contribution is -0.144. The van der Waals surface area contributed by atoms with Crippen LogP contribution in [0.1, 0.15) is 17.3 Å². The van der Waals surface area contributed by atoms with Gasteiger partial charge in [-0.3, -0.25) is 9.59 Å². The molecule has 0 atom stereocenters. The van der Waals surface area contributed by atoms with Gasteiger partial charge in [0.25, 0.3) is 5.91 Å². The Hall–Kier alpha value is -2.94. The van der Waals surface area contributed by atoms with Crippen LogP contribution in [0.2, 0.25) is 0 Å². The monoisotopic (exact) mass is 409 g/mol. The summed E-state index contributed by atoms with van der Waals surface area (Å²) in [5, 5.41) is 2.50. The van der Waals surface area contributed by atoms with Crippen molar-refractivity contribution in [1.82, 2.24) is 0 Å². The zero-order valence-corrected chi connectivity index (χ0v) is 15.7. The number of carbonyl (C=O) groups excluding carboxylic acids is 3. The van der Waals surface area contributed by atoms with E-state index in [9.17, 15) is 23.2 Å². The molecule has 2 aromatic rings. The number of hydrogen-bond acceptors (Lipinski definition) is 6. The second-order valence-corrected chi connectivity index (χ2v) is 6.39. The van der Waals surface area contributed by atoms with Crippen LogP contribution in [0.3, 0.4) is 0 Å². The van der Waals surface area contributed by atoms with E-state index in [1.807, 2.05) is 0 Å². The van der Waals surface area contributed by atoms with Gasteiger partial charge in [0, 0.05) is 10.6 Å². The van der Waals surface area contributed by atoms with E-state index in [4.69, 9.17) is 9.47 Å². The molecule has 2 aromatic carbocycles. The summed E-state index contributed by atoms with van der Waals surface area (Å²) >= 11 is 0.768. The molecule has 0 aromatic heterocycles. The Kier molecular flexibility index (Phi) is 7.94. The van der Waals surface area contributed by atoms with E-state index in [2.05, 4.69) is 5.32 Å². The molecule has 0 aliphatic rings. The fourth-order valence-corrected chi connectivity index (χ4v) is 2.77. The topological polar surface area (TPSA) is 81.7 Å². The summed E-state index contributed by atoms with van der Waals surface area (Å²) in [6.07, 6.45) is 0. The Bertz CT molecular complexity index is 858.